The summed E-state index contributed by atoms with van der Waals surface area (Å²) >= 11 is 0. The quantitative estimate of drug-likeness (QED) is 0.141. The third-order valence-electron chi connectivity index (χ3n) is 7.97. The lowest BCUT2D eigenvalue weighted by atomic mass is 9.68. The number of carbonyl (C=O) groups is 1. The molecule has 1 aliphatic heterocycles. The van der Waals surface area contributed by atoms with Crippen molar-refractivity contribution in [3.8, 4) is 17.2 Å². The summed E-state index contributed by atoms with van der Waals surface area (Å²) in [5.41, 5.74) is 4.46. The van der Waals surface area contributed by atoms with Gasteiger partial charge in [-0.1, -0.05) is 50.5 Å². The van der Waals surface area contributed by atoms with Gasteiger partial charge in [0.2, 0.25) is 0 Å². The van der Waals surface area contributed by atoms with Gasteiger partial charge in [0.15, 0.2) is 0 Å². The predicted molar refractivity (Wildman–Crippen MR) is 150 cm³/mol. The van der Waals surface area contributed by atoms with Crippen molar-refractivity contribution < 1.29 is 19.0 Å². The van der Waals surface area contributed by atoms with Crippen LogP contribution in [0.15, 0.2) is 48.0 Å². The molecular weight excluding hydrogens is 460 g/mol. The summed E-state index contributed by atoms with van der Waals surface area (Å²) in [6.07, 6.45) is 9.61. The number of esters is 1. The first-order valence-corrected chi connectivity index (χ1v) is 14.2. The number of unbranched alkanes of at least 4 members (excludes halogenated alkanes) is 2. The molecule has 200 valence electrons. The molecule has 37 heavy (non-hydrogen) atoms. The Morgan fingerprint density at radius 1 is 1.11 bits per heavy atom. The summed E-state index contributed by atoms with van der Waals surface area (Å²) < 4.78 is 18.4. The lowest BCUT2D eigenvalue weighted by molar-refractivity contribution is -0.138. The Balaban J connectivity index is 1.62. The molecule has 3 atom stereocenters. The van der Waals surface area contributed by atoms with Crippen molar-refractivity contribution >= 4 is 5.97 Å². The van der Waals surface area contributed by atoms with Crippen molar-refractivity contribution in [2.45, 2.75) is 98.0 Å². The van der Waals surface area contributed by atoms with Gasteiger partial charge in [0.05, 0.1) is 12.5 Å². The highest BCUT2D eigenvalue weighted by Crippen LogP contribution is 2.53. The van der Waals surface area contributed by atoms with E-state index >= 15 is 0 Å². The minimum atomic E-state index is -0.266. The average Bonchev–Trinajstić information content (AvgIpc) is 2.84. The molecular formula is C33H44O4. The first kappa shape index (κ1) is 27.3. The van der Waals surface area contributed by atoms with E-state index < -0.39 is 0 Å². The molecule has 1 heterocycles. The van der Waals surface area contributed by atoms with E-state index in [0.717, 1.165) is 48.3 Å². The predicted octanol–water partition coefficient (Wildman–Crippen LogP) is 8.21. The van der Waals surface area contributed by atoms with E-state index in [0.29, 0.717) is 24.7 Å². The molecule has 0 aromatic heterocycles. The number of rotatable bonds is 10. The maximum atomic E-state index is 13.4. The molecule has 0 N–H and O–H groups in total. The monoisotopic (exact) mass is 504 g/mol. The highest BCUT2D eigenvalue weighted by atomic mass is 16.5. The third-order valence-corrected chi connectivity index (χ3v) is 7.97. The van der Waals surface area contributed by atoms with E-state index in [1.54, 1.807) is 0 Å². The van der Waals surface area contributed by atoms with Crippen LogP contribution in [0.4, 0.5) is 0 Å². The lowest BCUT2D eigenvalue weighted by Crippen LogP contribution is -2.45. The van der Waals surface area contributed by atoms with Gasteiger partial charge in [-0.15, -0.1) is 0 Å². The maximum Gasteiger partial charge on any atom is 0.314 e. The zero-order valence-corrected chi connectivity index (χ0v) is 23.6. The molecule has 0 spiro atoms. The number of benzene rings is 2. The molecule has 0 saturated carbocycles. The molecule has 4 nitrogen and oxygen atoms in total. The van der Waals surface area contributed by atoms with Crippen LogP contribution in [0.25, 0.3) is 0 Å². The number of ether oxygens (including phenoxy) is 3. The van der Waals surface area contributed by atoms with Crippen molar-refractivity contribution in [2.75, 3.05) is 6.61 Å². The summed E-state index contributed by atoms with van der Waals surface area (Å²) in [4.78, 5) is 13.4. The van der Waals surface area contributed by atoms with Gasteiger partial charge >= 0.3 is 5.97 Å². The molecule has 0 amide bonds. The first-order valence-electron chi connectivity index (χ1n) is 14.2. The maximum absolute atomic E-state index is 13.4. The van der Waals surface area contributed by atoms with Gasteiger partial charge < -0.3 is 14.2 Å². The molecule has 1 aliphatic carbocycles. The molecule has 4 heteroatoms. The zero-order valence-electron chi connectivity index (χ0n) is 23.6. The van der Waals surface area contributed by atoms with E-state index in [-0.39, 0.29) is 23.4 Å². The Hall–Kier alpha value is -2.75. The summed E-state index contributed by atoms with van der Waals surface area (Å²) in [5.74, 6) is 2.51. The van der Waals surface area contributed by atoms with Crippen molar-refractivity contribution in [1.29, 1.82) is 0 Å². The van der Waals surface area contributed by atoms with E-state index in [4.69, 9.17) is 14.2 Å². The lowest BCUT2D eigenvalue weighted by Gasteiger charge is -2.46. The van der Waals surface area contributed by atoms with Crippen LogP contribution in [0.3, 0.4) is 0 Å². The second-order valence-corrected chi connectivity index (χ2v) is 11.5. The Morgan fingerprint density at radius 3 is 2.57 bits per heavy atom. The van der Waals surface area contributed by atoms with Crippen LogP contribution in [0.1, 0.15) is 96.3 Å². The molecule has 4 rings (SSSR count). The van der Waals surface area contributed by atoms with Gasteiger partial charge in [-0.25, -0.2) is 0 Å². The normalized spacial score (nSPS) is 20.6. The smallest absolute Gasteiger partial charge is 0.314 e. The molecule has 0 fully saturated rings. The van der Waals surface area contributed by atoms with Crippen LogP contribution in [0, 0.1) is 11.8 Å². The van der Waals surface area contributed by atoms with Gasteiger partial charge in [-0.3, -0.25) is 4.79 Å². The van der Waals surface area contributed by atoms with Gasteiger partial charge in [-0.05, 0) is 95.2 Å². The van der Waals surface area contributed by atoms with Crippen molar-refractivity contribution in [2.24, 2.45) is 11.8 Å². The fourth-order valence-electron chi connectivity index (χ4n) is 5.90. The van der Waals surface area contributed by atoms with E-state index in [9.17, 15) is 4.79 Å². The van der Waals surface area contributed by atoms with E-state index in [2.05, 4.69) is 45.9 Å². The third kappa shape index (κ3) is 6.40. The Kier molecular flexibility index (Phi) is 8.67. The number of fused-ring (bicyclic) bond motifs is 3. The topological polar surface area (TPSA) is 44.8 Å². The van der Waals surface area contributed by atoms with Gasteiger partial charge in [0.1, 0.15) is 22.8 Å². The average molecular weight is 505 g/mol. The molecule has 0 saturated heterocycles. The van der Waals surface area contributed by atoms with E-state index in [1.807, 2.05) is 38.1 Å². The van der Waals surface area contributed by atoms with Crippen molar-refractivity contribution in [3.63, 3.8) is 0 Å². The van der Waals surface area contributed by atoms with Crippen LogP contribution in [-0.4, -0.2) is 18.2 Å². The molecule has 2 aliphatic rings. The number of allylic oxidation sites excluding steroid dienone is 2. The van der Waals surface area contributed by atoms with Gasteiger partial charge in [-0.2, -0.15) is 0 Å². The highest BCUT2D eigenvalue weighted by Gasteiger charge is 2.45. The summed E-state index contributed by atoms with van der Waals surface area (Å²) in [5, 5.41) is 0. The van der Waals surface area contributed by atoms with E-state index in [1.165, 1.54) is 24.0 Å². The largest absolute Gasteiger partial charge is 0.494 e. The summed E-state index contributed by atoms with van der Waals surface area (Å²) in [6, 6.07) is 12.3. The van der Waals surface area contributed by atoms with Gasteiger partial charge in [0, 0.05) is 17.4 Å². The second-order valence-electron chi connectivity index (χ2n) is 11.5. The molecule has 0 radical (unpaired) electrons. The van der Waals surface area contributed by atoms with Crippen molar-refractivity contribution in [1.82, 2.24) is 0 Å². The van der Waals surface area contributed by atoms with Crippen LogP contribution in [0.5, 0.6) is 17.2 Å². The Bertz CT molecular complexity index is 1110. The summed E-state index contributed by atoms with van der Waals surface area (Å²) in [6.45, 7) is 13.4. The fourth-order valence-corrected chi connectivity index (χ4v) is 5.90. The minimum absolute atomic E-state index is 0.195. The number of carbonyl (C=O) groups excluding carboxylic acids is 1. The molecule has 2 unspecified atom stereocenters. The number of aryl methyl sites for hydroxylation is 1. The first-order chi connectivity index (χ1) is 17.7. The fraction of sp³-hybridized carbons (Fsp3) is 0.545. The van der Waals surface area contributed by atoms with Crippen LogP contribution in [-0.2, 0) is 17.6 Å². The van der Waals surface area contributed by atoms with Gasteiger partial charge in [0.25, 0.3) is 0 Å². The standard InChI is InChI=1S/C33H44O4/c1-7-9-10-11-25-20-29(36-32(34)23(4)19-24-13-15-26(16-14-24)35-8-2)31-27-18-22(3)12-17-28(27)33(5,6)37-30(31)21-25/h13-16,18,20-21,23,27-28H,7-12,17,19H2,1-6H3/t23-,27?,28?/m0/s1. The van der Waals surface area contributed by atoms with Crippen LogP contribution in [0.2, 0.25) is 0 Å². The number of hydrogen-bond donors (Lipinski definition) is 0. The molecule has 2 aromatic rings. The minimum Gasteiger partial charge on any atom is -0.494 e. The summed E-state index contributed by atoms with van der Waals surface area (Å²) in [7, 11) is 0. The molecule has 0 bridgehead atoms. The number of hydrogen-bond acceptors (Lipinski definition) is 4. The highest BCUT2D eigenvalue weighted by molar-refractivity contribution is 5.76. The van der Waals surface area contributed by atoms with Crippen LogP contribution >= 0.6 is 0 Å². The Morgan fingerprint density at radius 2 is 1.86 bits per heavy atom. The van der Waals surface area contributed by atoms with Crippen molar-refractivity contribution in [3.05, 3.63) is 64.7 Å². The second kappa shape index (κ2) is 11.8. The zero-order chi connectivity index (χ0) is 26.6. The molecule has 2 aromatic carbocycles. The SMILES string of the molecule is CCCCCc1cc(OC(=O)[C@@H](C)Cc2ccc(OCC)cc2)c2c(c1)OC(C)(C)C1CCC(C)=CC21. The Labute approximate surface area is 223 Å². The van der Waals surface area contributed by atoms with Crippen LogP contribution < -0.4 is 14.2 Å².